The van der Waals surface area contributed by atoms with Gasteiger partial charge in [0.05, 0.1) is 21.5 Å². The van der Waals surface area contributed by atoms with Crippen LogP contribution in [0, 0.1) is 17.7 Å². The molecule has 2 N–H and O–H groups in total. The molecule has 8 nitrogen and oxygen atoms in total. The minimum absolute atomic E-state index is 0.0825. The molecule has 2 saturated carbocycles. The molecule has 1 atom stereocenters. The number of carbonyl (C=O) groups is 3. The molecule has 2 aromatic rings. The van der Waals surface area contributed by atoms with Gasteiger partial charge in [-0.25, -0.2) is 4.39 Å². The van der Waals surface area contributed by atoms with Gasteiger partial charge in [-0.1, -0.05) is 11.6 Å². The molecule has 1 aromatic heterocycles. The molecule has 3 amide bonds. The van der Waals surface area contributed by atoms with Gasteiger partial charge in [0, 0.05) is 31.9 Å². The van der Waals surface area contributed by atoms with Crippen LogP contribution in [0.4, 0.5) is 15.8 Å². The molecule has 3 fully saturated rings. The number of nitrogens with zero attached hydrogens (tertiary/aromatic N) is 2. The molecule has 0 bridgehead atoms. The van der Waals surface area contributed by atoms with Crippen LogP contribution in [0.15, 0.2) is 30.3 Å². The Morgan fingerprint density at radius 1 is 1.16 bits per heavy atom. The van der Waals surface area contributed by atoms with Crippen LogP contribution in [0.3, 0.4) is 0 Å². The summed E-state index contributed by atoms with van der Waals surface area (Å²) in [5, 5.41) is 5.74. The maximum absolute atomic E-state index is 15.0. The van der Waals surface area contributed by atoms with Crippen molar-refractivity contribution >= 4 is 52.0 Å². The van der Waals surface area contributed by atoms with Gasteiger partial charge in [-0.2, -0.15) is 0 Å². The van der Waals surface area contributed by atoms with Crippen molar-refractivity contribution < 1.29 is 23.5 Å². The lowest BCUT2D eigenvalue weighted by Crippen LogP contribution is -2.52. The zero-order valence-electron chi connectivity index (χ0n) is 20.4. The molecule has 5 rings (SSSR count). The van der Waals surface area contributed by atoms with Crippen molar-refractivity contribution in [1.29, 1.82) is 0 Å². The second kappa shape index (κ2) is 11.5. The van der Waals surface area contributed by atoms with Crippen molar-refractivity contribution in [3.8, 4) is 0 Å². The number of morpholine rings is 1. The number of thiophene rings is 1. The second-order valence-electron chi connectivity index (χ2n) is 9.92. The van der Waals surface area contributed by atoms with Crippen molar-refractivity contribution in [3.05, 3.63) is 45.4 Å². The summed E-state index contributed by atoms with van der Waals surface area (Å²) in [5.74, 6) is -0.369. The highest BCUT2D eigenvalue weighted by atomic mass is 35.5. The zero-order chi connectivity index (χ0) is 25.9. The second-order valence-corrected chi connectivity index (χ2v) is 11.6. The lowest BCUT2D eigenvalue weighted by molar-refractivity contribution is -0.125. The van der Waals surface area contributed by atoms with E-state index in [4.69, 9.17) is 16.3 Å². The average Bonchev–Trinajstić information content (AvgIpc) is 3.80. The van der Waals surface area contributed by atoms with Crippen LogP contribution in [-0.4, -0.2) is 68.1 Å². The summed E-state index contributed by atoms with van der Waals surface area (Å²) in [6.07, 6.45) is 4.57. The fourth-order valence-corrected chi connectivity index (χ4v) is 5.45. The Morgan fingerprint density at radius 2 is 1.89 bits per heavy atom. The third kappa shape index (κ3) is 6.87. The molecule has 0 radical (unpaired) electrons. The first-order valence-corrected chi connectivity index (χ1v) is 13.8. The third-order valence-corrected chi connectivity index (χ3v) is 8.10. The van der Waals surface area contributed by atoms with Crippen LogP contribution < -0.4 is 15.5 Å². The van der Waals surface area contributed by atoms with Crippen LogP contribution in [-0.2, 0) is 14.3 Å². The van der Waals surface area contributed by atoms with Gasteiger partial charge in [0.2, 0.25) is 5.91 Å². The van der Waals surface area contributed by atoms with Crippen molar-refractivity contribution in [1.82, 2.24) is 10.2 Å². The quantitative estimate of drug-likeness (QED) is 0.446. The summed E-state index contributed by atoms with van der Waals surface area (Å²) in [7, 11) is 0. The number of halogens is 2. The van der Waals surface area contributed by atoms with E-state index in [0.717, 1.165) is 38.8 Å². The summed E-state index contributed by atoms with van der Waals surface area (Å²) < 4.78 is 20.6. The highest BCUT2D eigenvalue weighted by Crippen LogP contribution is 2.35. The predicted molar refractivity (Wildman–Crippen MR) is 141 cm³/mol. The first-order valence-electron chi connectivity index (χ1n) is 12.6. The van der Waals surface area contributed by atoms with Gasteiger partial charge in [0.15, 0.2) is 0 Å². The molecule has 11 heteroatoms. The Labute approximate surface area is 224 Å². The molecule has 1 aromatic carbocycles. The van der Waals surface area contributed by atoms with Crippen molar-refractivity contribution in [3.63, 3.8) is 0 Å². The van der Waals surface area contributed by atoms with E-state index in [0.29, 0.717) is 33.3 Å². The van der Waals surface area contributed by atoms with Gasteiger partial charge >= 0.3 is 0 Å². The summed E-state index contributed by atoms with van der Waals surface area (Å²) in [4.78, 5) is 42.3. The van der Waals surface area contributed by atoms with E-state index >= 15 is 0 Å². The number of benzene rings is 1. The molecule has 1 aliphatic heterocycles. The van der Waals surface area contributed by atoms with Crippen molar-refractivity contribution in [2.75, 3.05) is 49.6 Å². The molecule has 198 valence electrons. The van der Waals surface area contributed by atoms with Gasteiger partial charge in [-0.15, -0.1) is 11.3 Å². The van der Waals surface area contributed by atoms with Crippen LogP contribution in [0.5, 0.6) is 0 Å². The smallest absolute Gasteiger partial charge is 0.261 e. The van der Waals surface area contributed by atoms with Crippen LogP contribution in [0.1, 0.15) is 35.4 Å². The Morgan fingerprint density at radius 3 is 2.49 bits per heavy atom. The maximum atomic E-state index is 15.0. The SMILES string of the molecule is O=C(NC[C@@H](C(=O)Nc1ccc(N2CCOCC2=O)c(F)c1)N(CC1CC1)CC1CC1)c1ccc(Cl)s1. The number of nitrogens with one attached hydrogen (secondary N) is 2. The summed E-state index contributed by atoms with van der Waals surface area (Å²) in [6.45, 7) is 2.25. The fraction of sp³-hybridized carbons (Fsp3) is 0.500. The van der Waals surface area contributed by atoms with E-state index in [-0.39, 0.29) is 43.1 Å². The Balaban J connectivity index is 1.30. The van der Waals surface area contributed by atoms with Crippen molar-refractivity contribution in [2.24, 2.45) is 11.8 Å². The number of ether oxygens (including phenoxy) is 1. The number of amides is 3. The van der Waals surface area contributed by atoms with Gasteiger partial charge < -0.3 is 20.3 Å². The van der Waals surface area contributed by atoms with Gasteiger partial charge in [0.1, 0.15) is 18.5 Å². The lowest BCUT2D eigenvalue weighted by Gasteiger charge is -2.31. The number of anilines is 2. The van der Waals surface area contributed by atoms with Gasteiger partial charge in [-0.3, -0.25) is 19.3 Å². The number of hydrogen-bond donors (Lipinski definition) is 2. The molecule has 0 spiro atoms. The third-order valence-electron chi connectivity index (χ3n) is 6.87. The summed E-state index contributed by atoms with van der Waals surface area (Å²) in [6, 6.07) is 7.04. The monoisotopic (exact) mass is 548 g/mol. The Hall–Kier alpha value is -2.53. The number of rotatable bonds is 11. The molecular formula is C26H30ClFN4O4S. The topological polar surface area (TPSA) is 91.0 Å². The average molecular weight is 549 g/mol. The van der Waals surface area contributed by atoms with Crippen molar-refractivity contribution in [2.45, 2.75) is 31.7 Å². The molecule has 3 aliphatic rings. The first-order chi connectivity index (χ1) is 17.9. The largest absolute Gasteiger partial charge is 0.370 e. The molecule has 0 unspecified atom stereocenters. The van der Waals surface area contributed by atoms with E-state index in [1.807, 2.05) is 0 Å². The van der Waals surface area contributed by atoms with Crippen LogP contribution in [0.2, 0.25) is 4.34 Å². The molecule has 2 heterocycles. The van der Waals surface area contributed by atoms with Crippen LogP contribution >= 0.6 is 22.9 Å². The predicted octanol–water partition coefficient (Wildman–Crippen LogP) is 3.76. The molecule has 2 aliphatic carbocycles. The minimum atomic E-state index is -0.607. The number of hydrogen-bond acceptors (Lipinski definition) is 6. The highest BCUT2D eigenvalue weighted by molar-refractivity contribution is 7.18. The first kappa shape index (κ1) is 26.1. The highest BCUT2D eigenvalue weighted by Gasteiger charge is 2.36. The minimum Gasteiger partial charge on any atom is -0.370 e. The molecule has 1 saturated heterocycles. The van der Waals surface area contributed by atoms with E-state index in [9.17, 15) is 18.8 Å². The Bertz CT molecular complexity index is 1160. The normalized spacial score (nSPS) is 18.7. The van der Waals surface area contributed by atoms with Crippen LogP contribution in [0.25, 0.3) is 0 Å². The summed E-state index contributed by atoms with van der Waals surface area (Å²) >= 11 is 7.16. The van der Waals surface area contributed by atoms with E-state index in [2.05, 4.69) is 15.5 Å². The fourth-order valence-electron chi connectivity index (χ4n) is 4.50. The molecule has 37 heavy (non-hydrogen) atoms. The van der Waals surface area contributed by atoms with E-state index < -0.39 is 11.9 Å². The van der Waals surface area contributed by atoms with Gasteiger partial charge in [0.25, 0.3) is 11.8 Å². The Kier molecular flexibility index (Phi) is 8.09. The maximum Gasteiger partial charge on any atom is 0.261 e. The van der Waals surface area contributed by atoms with Gasteiger partial charge in [-0.05, 0) is 67.9 Å². The van der Waals surface area contributed by atoms with E-state index in [1.54, 1.807) is 18.2 Å². The van der Waals surface area contributed by atoms with E-state index in [1.165, 1.54) is 28.4 Å². The standard InChI is InChI=1S/C26H30ClFN4O4S/c27-23-8-7-22(37-23)26(35)29-12-21(31(13-16-1-2-16)14-17-3-4-17)25(34)30-18-5-6-20(19(28)11-18)32-9-10-36-15-24(32)33/h5-8,11,16-17,21H,1-4,9-10,12-15H2,(H,29,35)(H,30,34)/t21-/m0/s1. The zero-order valence-corrected chi connectivity index (χ0v) is 22.0. The lowest BCUT2D eigenvalue weighted by atomic mass is 10.1. The number of carbonyl (C=O) groups excluding carboxylic acids is 3. The summed E-state index contributed by atoms with van der Waals surface area (Å²) in [5.41, 5.74) is 0.458. The molecular weight excluding hydrogens is 519 g/mol.